The van der Waals surface area contributed by atoms with Gasteiger partial charge in [-0.15, -0.1) is 0 Å². The van der Waals surface area contributed by atoms with Crippen LogP contribution in [0, 0.1) is 11.7 Å². The van der Waals surface area contributed by atoms with Gasteiger partial charge < -0.3 is 10.4 Å². The third-order valence-corrected chi connectivity index (χ3v) is 3.55. The van der Waals surface area contributed by atoms with Crippen molar-refractivity contribution in [1.29, 1.82) is 0 Å². The molecule has 0 heterocycles. The first-order valence-electron chi connectivity index (χ1n) is 6.35. The Kier molecular flexibility index (Phi) is 3.84. The summed E-state index contributed by atoms with van der Waals surface area (Å²) in [6.45, 7) is 2.21. The van der Waals surface area contributed by atoms with E-state index in [-0.39, 0.29) is 17.4 Å². The van der Waals surface area contributed by atoms with E-state index < -0.39 is 11.7 Å². The molecular formula is C14H18FNO2. The molecule has 0 aromatic heterocycles. The summed E-state index contributed by atoms with van der Waals surface area (Å²) in [5.41, 5.74) is -0.00794. The Bertz CT molecular complexity index is 439. The second-order valence-electron chi connectivity index (χ2n) is 5.09. The van der Waals surface area contributed by atoms with Crippen LogP contribution < -0.4 is 5.32 Å². The van der Waals surface area contributed by atoms with Crippen LogP contribution in [0.1, 0.15) is 43.0 Å². The number of phenolic OH excluding ortho intramolecular Hbond substituents is 1. The van der Waals surface area contributed by atoms with Gasteiger partial charge in [-0.3, -0.25) is 4.79 Å². The molecule has 1 aliphatic rings. The van der Waals surface area contributed by atoms with E-state index >= 15 is 0 Å². The number of aromatic hydroxyl groups is 1. The van der Waals surface area contributed by atoms with Crippen LogP contribution in [0.25, 0.3) is 0 Å². The number of carbonyl (C=O) groups excluding carboxylic acids is 1. The van der Waals surface area contributed by atoms with Crippen molar-refractivity contribution in [2.24, 2.45) is 5.92 Å². The lowest BCUT2D eigenvalue weighted by molar-refractivity contribution is 0.0919. The van der Waals surface area contributed by atoms with E-state index in [4.69, 9.17) is 5.11 Å². The smallest absolute Gasteiger partial charge is 0.254 e. The highest BCUT2D eigenvalue weighted by atomic mass is 19.1. The number of hydrogen-bond acceptors (Lipinski definition) is 2. The Hall–Kier alpha value is -1.58. The molecule has 0 unspecified atom stereocenters. The van der Waals surface area contributed by atoms with Gasteiger partial charge in [-0.05, 0) is 43.7 Å². The zero-order chi connectivity index (χ0) is 13.1. The lowest BCUT2D eigenvalue weighted by Gasteiger charge is -2.26. The van der Waals surface area contributed by atoms with Gasteiger partial charge >= 0.3 is 0 Å². The minimum absolute atomic E-state index is 0.00794. The van der Waals surface area contributed by atoms with Crippen molar-refractivity contribution in [3.05, 3.63) is 29.6 Å². The Morgan fingerprint density at radius 2 is 2.00 bits per heavy atom. The van der Waals surface area contributed by atoms with Crippen LogP contribution in [0.5, 0.6) is 5.75 Å². The van der Waals surface area contributed by atoms with E-state index in [2.05, 4.69) is 12.2 Å². The molecule has 2 rings (SSSR count). The average Bonchev–Trinajstić information content (AvgIpc) is 2.32. The minimum atomic E-state index is -0.684. The molecule has 1 amide bonds. The molecule has 98 valence electrons. The highest BCUT2D eigenvalue weighted by molar-refractivity contribution is 5.94. The monoisotopic (exact) mass is 251 g/mol. The molecule has 0 spiro atoms. The fraction of sp³-hybridized carbons (Fsp3) is 0.500. The summed E-state index contributed by atoms with van der Waals surface area (Å²) in [5, 5.41) is 12.0. The number of hydrogen-bond donors (Lipinski definition) is 2. The maximum Gasteiger partial charge on any atom is 0.254 e. The number of carbonyl (C=O) groups is 1. The molecule has 0 bridgehead atoms. The number of halogens is 1. The molecule has 0 saturated heterocycles. The molecular weight excluding hydrogens is 233 g/mol. The topological polar surface area (TPSA) is 49.3 Å². The first-order valence-corrected chi connectivity index (χ1v) is 6.35. The van der Waals surface area contributed by atoms with Crippen molar-refractivity contribution in [3.8, 4) is 5.75 Å². The maximum absolute atomic E-state index is 13.5. The normalized spacial score (nSPS) is 23.7. The van der Waals surface area contributed by atoms with Gasteiger partial charge in [0.25, 0.3) is 5.91 Å². The quantitative estimate of drug-likeness (QED) is 0.849. The zero-order valence-electron chi connectivity index (χ0n) is 10.4. The average molecular weight is 251 g/mol. The molecule has 1 aromatic rings. The van der Waals surface area contributed by atoms with Crippen LogP contribution in [0.2, 0.25) is 0 Å². The predicted octanol–water partition coefficient (Wildman–Crippen LogP) is 2.84. The molecule has 1 fully saturated rings. The van der Waals surface area contributed by atoms with Crippen LogP contribution in [-0.2, 0) is 0 Å². The largest absolute Gasteiger partial charge is 0.508 e. The van der Waals surface area contributed by atoms with Crippen molar-refractivity contribution in [2.45, 2.75) is 38.6 Å². The van der Waals surface area contributed by atoms with Crippen LogP contribution in [-0.4, -0.2) is 17.1 Å². The SMILES string of the molecule is CC1CCC(NC(=O)c2ccc(O)cc2F)CC1. The van der Waals surface area contributed by atoms with Gasteiger partial charge in [0.2, 0.25) is 0 Å². The number of benzene rings is 1. The van der Waals surface area contributed by atoms with E-state index in [0.29, 0.717) is 5.92 Å². The van der Waals surface area contributed by atoms with Gasteiger partial charge in [-0.2, -0.15) is 0 Å². The highest BCUT2D eigenvalue weighted by Crippen LogP contribution is 2.24. The van der Waals surface area contributed by atoms with E-state index in [1.807, 2.05) is 0 Å². The lowest BCUT2D eigenvalue weighted by Crippen LogP contribution is -2.37. The van der Waals surface area contributed by atoms with Crippen LogP contribution in [0.4, 0.5) is 4.39 Å². The summed E-state index contributed by atoms with van der Waals surface area (Å²) in [7, 11) is 0. The third-order valence-electron chi connectivity index (χ3n) is 3.55. The maximum atomic E-state index is 13.5. The first kappa shape index (κ1) is 12.9. The summed E-state index contributed by atoms with van der Waals surface area (Å²) in [5.74, 6) is -0.539. The lowest BCUT2D eigenvalue weighted by atomic mass is 9.87. The molecule has 0 aliphatic heterocycles. The van der Waals surface area contributed by atoms with Crippen molar-refractivity contribution < 1.29 is 14.3 Å². The third kappa shape index (κ3) is 3.00. The summed E-state index contributed by atoms with van der Waals surface area (Å²) in [6, 6.07) is 3.73. The van der Waals surface area contributed by atoms with Gasteiger partial charge in [0.15, 0.2) is 0 Å². The van der Waals surface area contributed by atoms with E-state index in [0.717, 1.165) is 31.7 Å². The van der Waals surface area contributed by atoms with Crippen LogP contribution in [0.15, 0.2) is 18.2 Å². The van der Waals surface area contributed by atoms with Gasteiger partial charge in [0, 0.05) is 12.1 Å². The first-order chi connectivity index (χ1) is 8.56. The number of nitrogens with one attached hydrogen (secondary N) is 1. The van der Waals surface area contributed by atoms with E-state index in [1.165, 1.54) is 12.1 Å². The summed E-state index contributed by atoms with van der Waals surface area (Å²) >= 11 is 0. The van der Waals surface area contributed by atoms with Crippen molar-refractivity contribution in [2.75, 3.05) is 0 Å². The molecule has 0 atom stereocenters. The van der Waals surface area contributed by atoms with Gasteiger partial charge in [0.05, 0.1) is 5.56 Å². The van der Waals surface area contributed by atoms with Crippen molar-refractivity contribution >= 4 is 5.91 Å². The fourth-order valence-electron chi connectivity index (χ4n) is 2.36. The van der Waals surface area contributed by atoms with Crippen LogP contribution in [0.3, 0.4) is 0 Å². The Morgan fingerprint density at radius 1 is 1.33 bits per heavy atom. The molecule has 18 heavy (non-hydrogen) atoms. The Morgan fingerprint density at radius 3 is 2.61 bits per heavy atom. The van der Waals surface area contributed by atoms with Crippen molar-refractivity contribution in [3.63, 3.8) is 0 Å². The zero-order valence-corrected chi connectivity index (χ0v) is 10.4. The molecule has 1 saturated carbocycles. The molecule has 1 aliphatic carbocycles. The van der Waals surface area contributed by atoms with Gasteiger partial charge in [-0.25, -0.2) is 4.39 Å². The number of phenols is 1. The summed E-state index contributed by atoms with van der Waals surface area (Å²) in [4.78, 5) is 11.9. The van der Waals surface area contributed by atoms with E-state index in [9.17, 15) is 9.18 Å². The molecule has 3 nitrogen and oxygen atoms in total. The fourth-order valence-corrected chi connectivity index (χ4v) is 2.36. The van der Waals surface area contributed by atoms with E-state index in [1.54, 1.807) is 0 Å². The number of rotatable bonds is 2. The Labute approximate surface area is 106 Å². The molecule has 0 radical (unpaired) electrons. The Balaban J connectivity index is 1.99. The van der Waals surface area contributed by atoms with Gasteiger partial charge in [-0.1, -0.05) is 6.92 Å². The second kappa shape index (κ2) is 5.38. The van der Waals surface area contributed by atoms with Gasteiger partial charge in [0.1, 0.15) is 11.6 Å². The number of amides is 1. The standard InChI is InChI=1S/C14H18FNO2/c1-9-2-4-10(5-3-9)16-14(18)12-7-6-11(17)8-13(12)15/h6-10,17H,2-5H2,1H3,(H,16,18). The molecule has 1 aromatic carbocycles. The van der Waals surface area contributed by atoms with Crippen LogP contribution >= 0.6 is 0 Å². The second-order valence-corrected chi connectivity index (χ2v) is 5.09. The summed E-state index contributed by atoms with van der Waals surface area (Å²) in [6.07, 6.45) is 4.10. The predicted molar refractivity (Wildman–Crippen MR) is 67.0 cm³/mol. The summed E-state index contributed by atoms with van der Waals surface area (Å²) < 4.78 is 13.5. The molecule has 4 heteroatoms. The highest BCUT2D eigenvalue weighted by Gasteiger charge is 2.21. The molecule has 2 N–H and O–H groups in total. The van der Waals surface area contributed by atoms with Crippen molar-refractivity contribution in [1.82, 2.24) is 5.32 Å². The minimum Gasteiger partial charge on any atom is -0.508 e.